The van der Waals surface area contributed by atoms with Crippen molar-refractivity contribution in [2.75, 3.05) is 0 Å². The van der Waals surface area contributed by atoms with Gasteiger partial charge in [-0.05, 0) is 13.3 Å². The molecule has 0 aliphatic carbocycles. The van der Waals surface area contributed by atoms with Crippen molar-refractivity contribution in [1.29, 1.82) is 0 Å². The first-order chi connectivity index (χ1) is 14.2. The van der Waals surface area contributed by atoms with Crippen LogP contribution < -0.4 is 24.8 Å². The van der Waals surface area contributed by atoms with Gasteiger partial charge in [-0.15, -0.1) is 16.7 Å². The second-order valence-corrected chi connectivity index (χ2v) is 8.12. The van der Waals surface area contributed by atoms with Crippen molar-refractivity contribution in [3.63, 3.8) is 0 Å². The van der Waals surface area contributed by atoms with Crippen LogP contribution in [0, 0.1) is 6.92 Å². The van der Waals surface area contributed by atoms with Gasteiger partial charge in [0.25, 0.3) is 0 Å². The summed E-state index contributed by atoms with van der Waals surface area (Å²) in [6, 6.07) is 19.2. The molecule has 3 rings (SSSR count). The minimum absolute atomic E-state index is 0. The van der Waals surface area contributed by atoms with Gasteiger partial charge in [0.2, 0.25) is 0 Å². The second kappa shape index (κ2) is 18.8. The van der Waals surface area contributed by atoms with Gasteiger partial charge in [0.05, 0.1) is 0 Å². The molecular formula is C29H40Cl2Zr. The van der Waals surface area contributed by atoms with E-state index in [1.165, 1.54) is 62.5 Å². The average Bonchev–Trinajstić information content (AvgIpc) is 3.38. The summed E-state index contributed by atoms with van der Waals surface area (Å²) in [5, 5.41) is 0. The normalized spacial score (nSPS) is 9.66. The van der Waals surface area contributed by atoms with Crippen LogP contribution in [0.4, 0.5) is 0 Å². The van der Waals surface area contributed by atoms with Crippen LogP contribution in [0.5, 0.6) is 0 Å². The first-order valence-electron chi connectivity index (χ1n) is 11.7. The first kappa shape index (κ1) is 33.6. The van der Waals surface area contributed by atoms with E-state index in [0.717, 1.165) is 0 Å². The Morgan fingerprint density at radius 2 is 1.25 bits per heavy atom. The number of rotatable bonds is 9. The third kappa shape index (κ3) is 9.32. The van der Waals surface area contributed by atoms with Crippen molar-refractivity contribution in [3.05, 3.63) is 82.4 Å². The zero-order valence-electron chi connectivity index (χ0n) is 20.6. The monoisotopic (exact) mass is 548 g/mol. The maximum atomic E-state index is 2.34. The van der Waals surface area contributed by atoms with Crippen LogP contribution in [0.2, 0.25) is 0 Å². The summed E-state index contributed by atoms with van der Waals surface area (Å²) in [7, 11) is 0. The topological polar surface area (TPSA) is 0 Å². The summed E-state index contributed by atoms with van der Waals surface area (Å²) < 4.78 is 0. The molecule has 3 aromatic rings. The molecule has 0 saturated carbocycles. The molecule has 0 heterocycles. The predicted molar refractivity (Wildman–Crippen MR) is 130 cm³/mol. The number of hydrogen-bond acceptors (Lipinski definition) is 0. The van der Waals surface area contributed by atoms with Crippen LogP contribution in [-0.4, -0.2) is 0 Å². The Kier molecular flexibility index (Phi) is 19.7. The van der Waals surface area contributed by atoms with Crippen molar-refractivity contribution >= 4 is 0 Å². The van der Waals surface area contributed by atoms with Crippen molar-refractivity contribution in [3.8, 4) is 11.1 Å². The molecule has 0 nitrogen and oxygen atoms in total. The fourth-order valence-corrected chi connectivity index (χ4v) is 4.39. The minimum atomic E-state index is 0. The van der Waals surface area contributed by atoms with Crippen molar-refractivity contribution in [2.24, 2.45) is 0 Å². The summed E-state index contributed by atoms with van der Waals surface area (Å²) >= 11 is 0. The molecule has 0 atom stereocenters. The quantitative estimate of drug-likeness (QED) is 0.360. The van der Waals surface area contributed by atoms with Gasteiger partial charge >= 0.3 is 26.2 Å². The van der Waals surface area contributed by atoms with E-state index in [0.29, 0.717) is 0 Å². The Morgan fingerprint density at radius 1 is 0.719 bits per heavy atom. The summed E-state index contributed by atoms with van der Waals surface area (Å²) in [6.45, 7) is 11.5. The van der Waals surface area contributed by atoms with E-state index in [9.17, 15) is 0 Å². The number of halogens is 2. The summed E-state index contributed by atoms with van der Waals surface area (Å²) in [6.07, 6.45) is 9.89. The largest absolute Gasteiger partial charge is 4.00 e. The van der Waals surface area contributed by atoms with Gasteiger partial charge in [-0.25, -0.2) is 12.1 Å². The van der Waals surface area contributed by atoms with E-state index < -0.39 is 0 Å². The zero-order valence-corrected chi connectivity index (χ0v) is 24.6. The molecule has 3 heteroatoms. The fourth-order valence-electron chi connectivity index (χ4n) is 4.39. The summed E-state index contributed by atoms with van der Waals surface area (Å²) in [5.41, 5.74) is 11.1. The van der Waals surface area contributed by atoms with E-state index in [4.69, 9.17) is 0 Å². The van der Waals surface area contributed by atoms with Crippen molar-refractivity contribution in [1.82, 2.24) is 0 Å². The number of hydrogen-bond donors (Lipinski definition) is 0. The maximum Gasteiger partial charge on any atom is 4.00 e. The minimum Gasteiger partial charge on any atom is -1.00 e. The molecule has 0 N–H and O–H groups in total. The maximum absolute atomic E-state index is 2.34. The Bertz CT molecular complexity index is 763. The van der Waals surface area contributed by atoms with Gasteiger partial charge in [-0.3, -0.25) is 0 Å². The molecule has 0 fully saturated rings. The van der Waals surface area contributed by atoms with Crippen LogP contribution in [0.25, 0.3) is 11.1 Å². The summed E-state index contributed by atoms with van der Waals surface area (Å²) in [4.78, 5) is 0. The van der Waals surface area contributed by atoms with Crippen LogP contribution in [-0.2, 0) is 51.9 Å². The van der Waals surface area contributed by atoms with E-state index >= 15 is 0 Å². The van der Waals surface area contributed by atoms with E-state index in [-0.39, 0.29) is 51.0 Å². The Morgan fingerprint density at radius 3 is 1.69 bits per heavy atom. The first-order valence-corrected chi connectivity index (χ1v) is 11.7. The molecule has 0 amide bonds. The Hall–Kier alpha value is -0.617. The molecule has 0 spiro atoms. The van der Waals surface area contributed by atoms with E-state index in [1.54, 1.807) is 27.8 Å². The predicted octanol–water partition coefficient (Wildman–Crippen LogP) is 2.60. The molecule has 0 saturated heterocycles. The number of benzene rings is 1. The van der Waals surface area contributed by atoms with Crippen LogP contribution in [0.3, 0.4) is 0 Å². The van der Waals surface area contributed by atoms with Gasteiger partial charge in [0.1, 0.15) is 0 Å². The van der Waals surface area contributed by atoms with Crippen LogP contribution >= 0.6 is 0 Å². The van der Waals surface area contributed by atoms with Gasteiger partial charge < -0.3 is 24.8 Å². The average molecular weight is 551 g/mol. The molecule has 0 radical (unpaired) electrons. The van der Waals surface area contributed by atoms with Gasteiger partial charge in [0, 0.05) is 0 Å². The summed E-state index contributed by atoms with van der Waals surface area (Å²) in [5.74, 6) is 0. The smallest absolute Gasteiger partial charge is 1.00 e. The molecule has 0 unspecified atom stereocenters. The molecule has 0 aliphatic rings. The third-order valence-electron chi connectivity index (χ3n) is 5.59. The molecule has 0 aliphatic heterocycles. The van der Waals surface area contributed by atoms with Crippen LogP contribution in [0.1, 0.15) is 81.2 Å². The number of aryl methyl sites for hydroxylation is 1. The molecule has 32 heavy (non-hydrogen) atoms. The van der Waals surface area contributed by atoms with Gasteiger partial charge in [-0.1, -0.05) is 108 Å². The zero-order chi connectivity index (χ0) is 21.1. The van der Waals surface area contributed by atoms with Crippen molar-refractivity contribution in [2.45, 2.75) is 86.0 Å². The fraction of sp³-hybridized carbons (Fsp3) is 0.448. The third-order valence-corrected chi connectivity index (χ3v) is 5.59. The molecule has 174 valence electrons. The van der Waals surface area contributed by atoms with E-state index in [1.807, 2.05) is 30.3 Å². The second-order valence-electron chi connectivity index (χ2n) is 8.12. The van der Waals surface area contributed by atoms with E-state index in [2.05, 4.69) is 58.9 Å². The molecule has 0 aromatic heterocycles. The molecule has 0 bridgehead atoms. The van der Waals surface area contributed by atoms with Crippen molar-refractivity contribution < 1.29 is 51.0 Å². The van der Waals surface area contributed by atoms with Gasteiger partial charge in [0.15, 0.2) is 0 Å². The molecular weight excluding hydrogens is 510 g/mol. The van der Waals surface area contributed by atoms with Crippen LogP contribution in [0.15, 0.2) is 54.6 Å². The standard InChI is InChI=1S/C24H35.C5H5.2ClH.Zr/c1-6-10-20-21(11-7-2)23(13-9-4)24(22(20)12-8-3)19-16-14-18(5)15-17-19;1-2-4-5-3-1;;;/h14-17H,6-13H2,1-5H3;1-5H;2*1H;/q2*-1;;;+4/p-2. The SMILES string of the molecule is CCCc1c(CCC)c(-c2ccc(C)cc2)[c-](CCC)c1CCC.[Cl-].[Cl-].[Zr+4].c1cc[cH-]c1. The Labute approximate surface area is 229 Å². The molecule has 3 aromatic carbocycles. The Balaban J connectivity index is 0. The van der Waals surface area contributed by atoms with Gasteiger partial charge in [-0.2, -0.15) is 29.3 Å².